The Morgan fingerprint density at radius 3 is 2.33 bits per heavy atom. The first kappa shape index (κ1) is 15.4. The molecule has 24 heavy (non-hydrogen) atoms. The molecule has 5 nitrogen and oxygen atoms in total. The van der Waals surface area contributed by atoms with E-state index in [2.05, 4.69) is 15.3 Å². The van der Waals surface area contributed by atoms with Gasteiger partial charge in [0.1, 0.15) is 5.75 Å². The highest BCUT2D eigenvalue weighted by molar-refractivity contribution is 6.04. The molecular weight excluding hydrogens is 302 g/mol. The van der Waals surface area contributed by atoms with Gasteiger partial charge in [0.15, 0.2) is 5.78 Å². The number of allylic oxidation sites excluding steroid dienone is 1. The Balaban J connectivity index is 1.59. The largest absolute Gasteiger partial charge is 0.424 e. The maximum atomic E-state index is 12.1. The number of ether oxygens (including phenoxy) is 1. The monoisotopic (exact) mass is 317 g/mol. The van der Waals surface area contributed by atoms with Crippen LogP contribution in [-0.4, -0.2) is 15.8 Å². The smallest absolute Gasteiger partial charge is 0.321 e. The van der Waals surface area contributed by atoms with Crippen LogP contribution >= 0.6 is 0 Å². The number of carbonyl (C=O) groups excluding carboxylic acids is 1. The molecule has 0 aliphatic carbocycles. The molecule has 0 saturated carbocycles. The summed E-state index contributed by atoms with van der Waals surface area (Å²) < 4.78 is 5.49. The van der Waals surface area contributed by atoms with Crippen LogP contribution in [0.4, 0.5) is 5.69 Å². The lowest BCUT2D eigenvalue weighted by Gasteiger charge is -2.03. The fraction of sp³-hybridized carbons (Fsp3) is 0. The van der Waals surface area contributed by atoms with Gasteiger partial charge in [-0.1, -0.05) is 18.2 Å². The highest BCUT2D eigenvalue weighted by Gasteiger charge is 2.03. The van der Waals surface area contributed by atoms with Gasteiger partial charge in [0, 0.05) is 35.9 Å². The second-order valence-corrected chi connectivity index (χ2v) is 4.87. The molecule has 0 saturated heterocycles. The molecule has 1 N–H and O–H groups in total. The average molecular weight is 317 g/mol. The van der Waals surface area contributed by atoms with Gasteiger partial charge in [-0.15, -0.1) is 0 Å². The number of anilines is 1. The third kappa shape index (κ3) is 4.27. The number of hydrogen-bond acceptors (Lipinski definition) is 5. The van der Waals surface area contributed by atoms with Crippen molar-refractivity contribution in [1.29, 1.82) is 0 Å². The van der Waals surface area contributed by atoms with Gasteiger partial charge in [0.05, 0.1) is 0 Å². The van der Waals surface area contributed by atoms with Crippen LogP contribution in [0.25, 0.3) is 0 Å². The highest BCUT2D eigenvalue weighted by Crippen LogP contribution is 2.18. The van der Waals surface area contributed by atoms with E-state index < -0.39 is 0 Å². The molecule has 1 heterocycles. The lowest BCUT2D eigenvalue weighted by molar-refractivity contribution is 0.104. The quantitative estimate of drug-likeness (QED) is 0.548. The molecule has 3 aromatic rings. The summed E-state index contributed by atoms with van der Waals surface area (Å²) in [5.41, 5.74) is 1.50. The Hall–Kier alpha value is -3.47. The molecule has 0 radical (unpaired) electrons. The van der Waals surface area contributed by atoms with Crippen LogP contribution in [0.5, 0.6) is 11.8 Å². The van der Waals surface area contributed by atoms with Crippen LogP contribution in [0.1, 0.15) is 10.4 Å². The third-order valence-electron chi connectivity index (χ3n) is 3.15. The zero-order valence-corrected chi connectivity index (χ0v) is 12.8. The topological polar surface area (TPSA) is 64.1 Å². The minimum absolute atomic E-state index is 0.0963. The van der Waals surface area contributed by atoms with E-state index in [1.807, 2.05) is 30.3 Å². The zero-order valence-electron chi connectivity index (χ0n) is 12.8. The standard InChI is InChI=1S/C19H15N3O2/c23-18(11-14-20-16-5-2-1-3-6-16)15-7-9-17(10-8-15)24-19-21-12-4-13-22-19/h1-14,20H. The SMILES string of the molecule is O=C(C=CNc1ccccc1)c1ccc(Oc2ncccn2)cc1. The van der Waals surface area contributed by atoms with E-state index in [0.717, 1.165) is 5.69 Å². The Morgan fingerprint density at radius 2 is 1.62 bits per heavy atom. The maximum absolute atomic E-state index is 12.1. The number of hydrogen-bond donors (Lipinski definition) is 1. The van der Waals surface area contributed by atoms with Crippen molar-refractivity contribution in [3.05, 3.63) is 90.9 Å². The van der Waals surface area contributed by atoms with Crippen molar-refractivity contribution >= 4 is 11.5 Å². The van der Waals surface area contributed by atoms with Gasteiger partial charge in [-0.2, -0.15) is 0 Å². The summed E-state index contributed by atoms with van der Waals surface area (Å²) in [6.45, 7) is 0. The van der Waals surface area contributed by atoms with E-state index in [4.69, 9.17) is 4.74 Å². The minimum atomic E-state index is -0.0963. The summed E-state index contributed by atoms with van der Waals surface area (Å²) in [5, 5.41) is 3.05. The van der Waals surface area contributed by atoms with E-state index in [-0.39, 0.29) is 11.8 Å². The van der Waals surface area contributed by atoms with Crippen molar-refractivity contribution in [1.82, 2.24) is 9.97 Å². The molecule has 0 bridgehead atoms. The second kappa shape index (κ2) is 7.69. The van der Waals surface area contributed by atoms with Crippen LogP contribution in [0, 0.1) is 0 Å². The van der Waals surface area contributed by atoms with E-state index in [1.54, 1.807) is 48.9 Å². The molecule has 0 spiro atoms. The molecule has 5 heteroatoms. The summed E-state index contributed by atoms with van der Waals surface area (Å²) in [6.07, 6.45) is 6.32. The van der Waals surface area contributed by atoms with Crippen molar-refractivity contribution in [2.75, 3.05) is 5.32 Å². The van der Waals surface area contributed by atoms with Gasteiger partial charge in [-0.05, 0) is 42.5 Å². The number of nitrogens with zero attached hydrogens (tertiary/aromatic N) is 2. The van der Waals surface area contributed by atoms with Crippen molar-refractivity contribution in [2.45, 2.75) is 0 Å². The van der Waals surface area contributed by atoms with Crippen molar-refractivity contribution in [2.24, 2.45) is 0 Å². The first-order valence-electron chi connectivity index (χ1n) is 7.39. The van der Waals surface area contributed by atoms with E-state index in [9.17, 15) is 4.79 Å². The molecule has 2 aromatic carbocycles. The summed E-state index contributed by atoms with van der Waals surface area (Å²) in [5.74, 6) is 0.477. The molecule has 118 valence electrons. The second-order valence-electron chi connectivity index (χ2n) is 4.87. The number of nitrogens with one attached hydrogen (secondary N) is 1. The fourth-order valence-corrected chi connectivity index (χ4v) is 1.97. The minimum Gasteiger partial charge on any atom is -0.424 e. The Labute approximate surface area is 139 Å². The zero-order chi connectivity index (χ0) is 16.6. The Morgan fingerprint density at radius 1 is 0.917 bits per heavy atom. The molecular formula is C19H15N3O2. The predicted molar refractivity (Wildman–Crippen MR) is 92.1 cm³/mol. The molecule has 0 unspecified atom stereocenters. The van der Waals surface area contributed by atoms with Crippen LogP contribution in [-0.2, 0) is 0 Å². The van der Waals surface area contributed by atoms with Crippen molar-refractivity contribution in [3.63, 3.8) is 0 Å². The molecule has 0 amide bonds. The highest BCUT2D eigenvalue weighted by atomic mass is 16.5. The van der Waals surface area contributed by atoms with E-state index >= 15 is 0 Å². The number of carbonyl (C=O) groups is 1. The lowest BCUT2D eigenvalue weighted by atomic mass is 10.1. The molecule has 0 aliphatic heterocycles. The first-order chi connectivity index (χ1) is 11.8. The number of aromatic nitrogens is 2. The van der Waals surface area contributed by atoms with Crippen LogP contribution in [0.3, 0.4) is 0 Å². The fourth-order valence-electron chi connectivity index (χ4n) is 1.97. The van der Waals surface area contributed by atoms with Gasteiger partial charge in [0.2, 0.25) is 0 Å². The van der Waals surface area contributed by atoms with Crippen molar-refractivity contribution < 1.29 is 9.53 Å². The third-order valence-corrected chi connectivity index (χ3v) is 3.15. The number of rotatable bonds is 6. The summed E-state index contributed by atoms with van der Waals surface area (Å²) in [4.78, 5) is 20.1. The van der Waals surface area contributed by atoms with Crippen molar-refractivity contribution in [3.8, 4) is 11.8 Å². The van der Waals surface area contributed by atoms with Crippen LogP contribution in [0.15, 0.2) is 85.3 Å². The van der Waals surface area contributed by atoms with Gasteiger partial charge in [-0.25, -0.2) is 9.97 Å². The van der Waals surface area contributed by atoms with Crippen LogP contribution in [0.2, 0.25) is 0 Å². The molecule has 0 aliphatic rings. The first-order valence-corrected chi connectivity index (χ1v) is 7.39. The van der Waals surface area contributed by atoms with E-state index in [1.165, 1.54) is 6.08 Å². The molecule has 0 atom stereocenters. The molecule has 0 fully saturated rings. The molecule has 3 rings (SSSR count). The van der Waals surface area contributed by atoms with Gasteiger partial charge in [-0.3, -0.25) is 4.79 Å². The number of ketones is 1. The van der Waals surface area contributed by atoms with Gasteiger partial charge in [0.25, 0.3) is 0 Å². The molecule has 1 aromatic heterocycles. The number of para-hydroxylation sites is 1. The average Bonchev–Trinajstić information content (AvgIpc) is 2.64. The predicted octanol–water partition coefficient (Wildman–Crippen LogP) is 4.08. The van der Waals surface area contributed by atoms with E-state index in [0.29, 0.717) is 11.3 Å². The lowest BCUT2D eigenvalue weighted by Crippen LogP contribution is -1.97. The van der Waals surface area contributed by atoms with Crippen LogP contribution < -0.4 is 10.1 Å². The normalized spacial score (nSPS) is 10.5. The summed E-state index contributed by atoms with van der Waals surface area (Å²) >= 11 is 0. The Bertz CT molecular complexity index is 816. The summed E-state index contributed by atoms with van der Waals surface area (Å²) in [7, 11) is 0. The maximum Gasteiger partial charge on any atom is 0.321 e. The van der Waals surface area contributed by atoms with Gasteiger partial charge < -0.3 is 10.1 Å². The Kier molecular flexibility index (Phi) is 4.94. The van der Waals surface area contributed by atoms with Gasteiger partial charge >= 0.3 is 6.01 Å². The number of benzene rings is 2. The summed E-state index contributed by atoms with van der Waals surface area (Å²) in [6, 6.07) is 18.4.